The molecule has 3 amide bonds. The first-order valence-corrected chi connectivity index (χ1v) is 12.7. The number of thioether (sulfide) groups is 1. The fourth-order valence-electron chi connectivity index (χ4n) is 3.64. The fourth-order valence-corrected chi connectivity index (χ4v) is 4.63. The first-order valence-electron chi connectivity index (χ1n) is 11.5. The number of hydrogen-bond donors (Lipinski definition) is 1. The van der Waals surface area contributed by atoms with Crippen LogP contribution in [0.15, 0.2) is 71.6 Å². The van der Waals surface area contributed by atoms with E-state index in [-0.39, 0.29) is 23.8 Å². The Labute approximate surface area is 224 Å². The molecule has 0 aromatic heterocycles. The molecule has 1 aliphatic rings. The second-order valence-electron chi connectivity index (χ2n) is 8.33. The van der Waals surface area contributed by atoms with Crippen molar-refractivity contribution in [2.75, 3.05) is 19.0 Å². The fraction of sp³-hybridized carbons (Fsp3) is 0.179. The van der Waals surface area contributed by atoms with E-state index in [4.69, 9.17) is 21.1 Å². The molecular formula is C28H25ClN2O5S. The van der Waals surface area contributed by atoms with Gasteiger partial charge in [0.25, 0.3) is 11.1 Å². The summed E-state index contributed by atoms with van der Waals surface area (Å²) in [6.07, 6.45) is 1.63. The molecule has 9 heteroatoms. The molecule has 0 atom stereocenters. The van der Waals surface area contributed by atoms with Crippen LogP contribution in [-0.4, -0.2) is 35.6 Å². The molecule has 0 radical (unpaired) electrons. The highest BCUT2D eigenvalue weighted by Gasteiger charge is 2.35. The molecule has 0 aliphatic carbocycles. The van der Waals surface area contributed by atoms with Gasteiger partial charge in [-0.3, -0.25) is 19.3 Å². The highest BCUT2D eigenvalue weighted by Crippen LogP contribution is 2.35. The van der Waals surface area contributed by atoms with Crippen LogP contribution in [0.4, 0.5) is 10.5 Å². The van der Waals surface area contributed by atoms with Gasteiger partial charge in [0.15, 0.2) is 11.5 Å². The van der Waals surface area contributed by atoms with Crippen LogP contribution in [0.5, 0.6) is 11.5 Å². The number of rotatable bonds is 9. The number of halogens is 1. The number of aryl methyl sites for hydroxylation is 1. The monoisotopic (exact) mass is 536 g/mol. The number of methoxy groups -OCH3 is 1. The van der Waals surface area contributed by atoms with Gasteiger partial charge in [-0.15, -0.1) is 0 Å². The number of carbonyl (C=O) groups excluding carboxylic acids is 3. The summed E-state index contributed by atoms with van der Waals surface area (Å²) in [6.45, 7) is 2.27. The van der Waals surface area contributed by atoms with Gasteiger partial charge in [-0.2, -0.15) is 0 Å². The summed E-state index contributed by atoms with van der Waals surface area (Å²) in [7, 11) is 1.53. The Balaban J connectivity index is 1.38. The third-order valence-corrected chi connectivity index (χ3v) is 6.69. The molecule has 1 heterocycles. The number of nitrogens with one attached hydrogen (secondary N) is 1. The lowest BCUT2D eigenvalue weighted by atomic mass is 10.1. The first kappa shape index (κ1) is 26.3. The molecule has 0 bridgehead atoms. The molecular weight excluding hydrogens is 512 g/mol. The Kier molecular flexibility index (Phi) is 8.53. The lowest BCUT2D eigenvalue weighted by Gasteiger charge is -2.13. The van der Waals surface area contributed by atoms with Crippen LogP contribution in [0.3, 0.4) is 0 Å². The lowest BCUT2D eigenvalue weighted by Crippen LogP contribution is -2.31. The summed E-state index contributed by atoms with van der Waals surface area (Å²) >= 11 is 6.77. The van der Waals surface area contributed by atoms with Gasteiger partial charge in [-0.25, -0.2) is 0 Å². The maximum Gasteiger partial charge on any atom is 0.293 e. The van der Waals surface area contributed by atoms with E-state index in [1.807, 2.05) is 37.3 Å². The van der Waals surface area contributed by atoms with Crippen LogP contribution in [0.2, 0.25) is 5.02 Å². The van der Waals surface area contributed by atoms with Gasteiger partial charge in [0.2, 0.25) is 5.91 Å². The summed E-state index contributed by atoms with van der Waals surface area (Å²) in [4.78, 5) is 39.0. The van der Waals surface area contributed by atoms with Crippen molar-refractivity contribution in [1.82, 2.24) is 4.90 Å². The third-order valence-electron chi connectivity index (χ3n) is 5.53. The molecule has 1 fully saturated rings. The predicted octanol–water partition coefficient (Wildman–Crippen LogP) is 6.30. The number of imide groups is 1. The molecule has 7 nitrogen and oxygen atoms in total. The van der Waals surface area contributed by atoms with E-state index in [0.29, 0.717) is 34.4 Å². The molecule has 4 rings (SSSR count). The molecule has 37 heavy (non-hydrogen) atoms. The van der Waals surface area contributed by atoms with Crippen molar-refractivity contribution >= 4 is 52.2 Å². The van der Waals surface area contributed by atoms with Crippen molar-refractivity contribution in [2.24, 2.45) is 0 Å². The van der Waals surface area contributed by atoms with Gasteiger partial charge in [-0.05, 0) is 77.9 Å². The number of hydrogen-bond acceptors (Lipinski definition) is 6. The van der Waals surface area contributed by atoms with Crippen molar-refractivity contribution in [2.45, 2.75) is 20.0 Å². The zero-order valence-corrected chi connectivity index (χ0v) is 21.9. The smallest absolute Gasteiger partial charge is 0.293 e. The highest BCUT2D eigenvalue weighted by molar-refractivity contribution is 8.18. The van der Waals surface area contributed by atoms with Crippen LogP contribution >= 0.6 is 23.4 Å². The molecule has 1 saturated heterocycles. The second kappa shape index (κ2) is 12.0. The Morgan fingerprint density at radius 2 is 1.84 bits per heavy atom. The zero-order valence-electron chi connectivity index (χ0n) is 20.3. The molecule has 0 spiro atoms. The van der Waals surface area contributed by atoms with E-state index in [9.17, 15) is 14.4 Å². The summed E-state index contributed by atoms with van der Waals surface area (Å²) in [5.74, 6) is 0.338. The zero-order chi connectivity index (χ0) is 26.4. The number of amides is 3. The standard InChI is InChI=1S/C28H25ClN2O5S/c1-18-4-3-5-22(14-18)30-26(32)12-13-31-27(33)25(37-28(31)34)16-20-8-11-23(24(15-20)35-2)36-17-19-6-9-21(29)10-7-19/h3-11,14-16H,12-13,17H2,1-2H3,(H,30,32). The van der Waals surface area contributed by atoms with E-state index in [2.05, 4.69) is 5.32 Å². The van der Waals surface area contributed by atoms with Gasteiger partial charge in [-0.1, -0.05) is 41.9 Å². The molecule has 190 valence electrons. The minimum absolute atomic E-state index is 0.000449. The third kappa shape index (κ3) is 6.93. The quantitative estimate of drug-likeness (QED) is 0.323. The number of carbonyl (C=O) groups is 3. The summed E-state index contributed by atoms with van der Waals surface area (Å²) in [6, 6.07) is 20.0. The van der Waals surface area contributed by atoms with Crippen molar-refractivity contribution < 1.29 is 23.9 Å². The number of anilines is 1. The van der Waals surface area contributed by atoms with Gasteiger partial charge in [0.1, 0.15) is 6.61 Å². The first-order chi connectivity index (χ1) is 17.8. The second-order valence-corrected chi connectivity index (χ2v) is 9.76. The molecule has 0 saturated carbocycles. The Hall–Kier alpha value is -3.75. The Morgan fingerprint density at radius 1 is 1.05 bits per heavy atom. The van der Waals surface area contributed by atoms with Crippen LogP contribution in [0.1, 0.15) is 23.1 Å². The summed E-state index contributed by atoms with van der Waals surface area (Å²) < 4.78 is 11.3. The Bertz CT molecular complexity index is 1360. The molecule has 3 aromatic rings. The normalized spacial score (nSPS) is 14.2. The van der Waals surface area contributed by atoms with Crippen molar-refractivity contribution in [3.63, 3.8) is 0 Å². The highest BCUT2D eigenvalue weighted by atomic mass is 35.5. The number of nitrogens with zero attached hydrogens (tertiary/aromatic N) is 1. The van der Waals surface area contributed by atoms with Gasteiger partial charge in [0, 0.05) is 23.7 Å². The predicted molar refractivity (Wildman–Crippen MR) is 146 cm³/mol. The average molecular weight is 537 g/mol. The maximum atomic E-state index is 12.9. The molecule has 1 N–H and O–H groups in total. The van der Waals surface area contributed by atoms with Gasteiger partial charge < -0.3 is 14.8 Å². The summed E-state index contributed by atoms with van der Waals surface area (Å²) in [5.41, 5.74) is 3.33. The van der Waals surface area contributed by atoms with Crippen LogP contribution < -0.4 is 14.8 Å². The van der Waals surface area contributed by atoms with Crippen molar-refractivity contribution in [3.05, 3.63) is 93.3 Å². The summed E-state index contributed by atoms with van der Waals surface area (Å²) in [5, 5.41) is 3.03. The largest absolute Gasteiger partial charge is 0.493 e. The van der Waals surface area contributed by atoms with E-state index in [1.165, 1.54) is 7.11 Å². The maximum absolute atomic E-state index is 12.9. The van der Waals surface area contributed by atoms with Crippen LogP contribution in [0, 0.1) is 6.92 Å². The lowest BCUT2D eigenvalue weighted by molar-refractivity contribution is -0.123. The van der Waals surface area contributed by atoms with E-state index < -0.39 is 11.1 Å². The molecule has 3 aromatic carbocycles. The minimum Gasteiger partial charge on any atom is -0.493 e. The molecule has 1 aliphatic heterocycles. The SMILES string of the molecule is COc1cc(C=C2SC(=O)N(CCC(=O)Nc3cccc(C)c3)C2=O)ccc1OCc1ccc(Cl)cc1. The Morgan fingerprint density at radius 3 is 2.57 bits per heavy atom. The van der Waals surface area contributed by atoms with E-state index in [1.54, 1.807) is 42.5 Å². The van der Waals surface area contributed by atoms with Crippen LogP contribution in [-0.2, 0) is 16.2 Å². The van der Waals surface area contributed by atoms with E-state index in [0.717, 1.165) is 27.8 Å². The van der Waals surface area contributed by atoms with Crippen LogP contribution in [0.25, 0.3) is 6.08 Å². The number of benzene rings is 3. The average Bonchev–Trinajstić information content (AvgIpc) is 3.14. The number of ether oxygens (including phenoxy) is 2. The van der Waals surface area contributed by atoms with Gasteiger partial charge >= 0.3 is 0 Å². The minimum atomic E-state index is -0.430. The topological polar surface area (TPSA) is 84.9 Å². The van der Waals surface area contributed by atoms with Crippen molar-refractivity contribution in [1.29, 1.82) is 0 Å². The van der Waals surface area contributed by atoms with E-state index >= 15 is 0 Å². The molecule has 0 unspecified atom stereocenters. The van der Waals surface area contributed by atoms with Crippen molar-refractivity contribution in [3.8, 4) is 11.5 Å². The van der Waals surface area contributed by atoms with Gasteiger partial charge in [0.05, 0.1) is 12.0 Å².